The molecule has 98 valence electrons. The van der Waals surface area contributed by atoms with E-state index in [-0.39, 0.29) is 11.3 Å². The highest BCUT2D eigenvalue weighted by Crippen LogP contribution is 2.27. The van der Waals surface area contributed by atoms with Crippen LogP contribution in [0.3, 0.4) is 0 Å². The second-order valence-corrected chi connectivity index (χ2v) is 5.32. The van der Waals surface area contributed by atoms with E-state index >= 15 is 0 Å². The molecule has 2 rings (SSSR count). The van der Waals surface area contributed by atoms with Crippen molar-refractivity contribution < 1.29 is 18.3 Å². The van der Waals surface area contributed by atoms with E-state index in [4.69, 9.17) is 4.74 Å². The summed E-state index contributed by atoms with van der Waals surface area (Å²) in [5.74, 6) is -3.10. The molecule has 2 aliphatic rings. The molecule has 0 radical (unpaired) electrons. The Morgan fingerprint density at radius 2 is 2.35 bits per heavy atom. The first-order valence-corrected chi connectivity index (χ1v) is 5.87. The van der Waals surface area contributed by atoms with Gasteiger partial charge in [0.2, 0.25) is 5.91 Å². The Morgan fingerprint density at radius 3 is 2.88 bits per heavy atom. The number of nitrogens with one attached hydrogen (secondary N) is 2. The Kier molecular flexibility index (Phi) is 3.36. The van der Waals surface area contributed by atoms with Gasteiger partial charge in [0, 0.05) is 25.0 Å². The maximum Gasteiger partial charge on any atom is 0.262 e. The molecule has 2 aliphatic heterocycles. The molecule has 1 amide bonds. The van der Waals surface area contributed by atoms with Crippen molar-refractivity contribution in [2.45, 2.75) is 31.7 Å². The number of halogens is 2. The number of amides is 1. The number of ether oxygens (including phenoxy) is 1. The van der Waals surface area contributed by atoms with E-state index in [1.54, 1.807) is 0 Å². The molecule has 0 bridgehead atoms. The topological polar surface area (TPSA) is 50.4 Å². The minimum absolute atomic E-state index is 0.0587. The summed E-state index contributed by atoms with van der Waals surface area (Å²) in [4.78, 5) is 11.7. The maximum absolute atomic E-state index is 12.9. The van der Waals surface area contributed by atoms with Crippen molar-refractivity contribution in [1.82, 2.24) is 10.6 Å². The molecule has 0 saturated carbocycles. The van der Waals surface area contributed by atoms with Crippen molar-refractivity contribution in [1.29, 1.82) is 0 Å². The highest BCUT2D eigenvalue weighted by molar-refractivity contribution is 5.82. The van der Waals surface area contributed by atoms with E-state index in [2.05, 4.69) is 10.6 Å². The Balaban J connectivity index is 1.78. The standard InChI is InChI=1S/C11H18F2N2O2/c1-10(2-3-17-7-10)5-15-9(16)8-4-11(12,13)6-14-8/h8,14H,2-7H2,1H3,(H,15,16). The SMILES string of the molecule is CC1(CNC(=O)C2CC(F)(F)CN2)CCOC1. The van der Waals surface area contributed by atoms with Gasteiger partial charge in [-0.15, -0.1) is 0 Å². The smallest absolute Gasteiger partial charge is 0.262 e. The van der Waals surface area contributed by atoms with E-state index in [9.17, 15) is 13.6 Å². The Hall–Kier alpha value is -0.750. The van der Waals surface area contributed by atoms with Crippen LogP contribution in [-0.4, -0.2) is 44.2 Å². The fourth-order valence-corrected chi connectivity index (χ4v) is 2.17. The minimum atomic E-state index is -2.76. The molecule has 0 aromatic heterocycles. The predicted octanol–water partition coefficient (Wildman–Crippen LogP) is 0.526. The summed E-state index contributed by atoms with van der Waals surface area (Å²) in [7, 11) is 0. The van der Waals surface area contributed by atoms with Gasteiger partial charge in [-0.3, -0.25) is 10.1 Å². The van der Waals surface area contributed by atoms with Crippen LogP contribution < -0.4 is 10.6 Å². The first-order chi connectivity index (χ1) is 7.90. The lowest BCUT2D eigenvalue weighted by molar-refractivity contribution is -0.123. The lowest BCUT2D eigenvalue weighted by Crippen LogP contribution is -2.44. The van der Waals surface area contributed by atoms with Crippen LogP contribution in [-0.2, 0) is 9.53 Å². The summed E-state index contributed by atoms with van der Waals surface area (Å²) in [6.07, 6.45) is 0.480. The molecule has 2 N–H and O–H groups in total. The van der Waals surface area contributed by atoms with Gasteiger partial charge in [-0.1, -0.05) is 6.92 Å². The van der Waals surface area contributed by atoms with Crippen LogP contribution in [0.15, 0.2) is 0 Å². The molecule has 2 heterocycles. The summed E-state index contributed by atoms with van der Waals surface area (Å²) in [6.45, 7) is 3.41. The number of alkyl halides is 2. The van der Waals surface area contributed by atoms with Crippen LogP contribution in [0, 0.1) is 5.41 Å². The molecule has 2 fully saturated rings. The van der Waals surface area contributed by atoms with Crippen LogP contribution >= 0.6 is 0 Å². The molecule has 0 spiro atoms. The summed E-state index contributed by atoms with van der Waals surface area (Å²) in [6, 6.07) is -0.768. The largest absolute Gasteiger partial charge is 0.381 e. The summed E-state index contributed by atoms with van der Waals surface area (Å²) >= 11 is 0. The van der Waals surface area contributed by atoms with E-state index in [0.717, 1.165) is 6.42 Å². The summed E-state index contributed by atoms with van der Waals surface area (Å²) < 4.78 is 31.1. The van der Waals surface area contributed by atoms with Gasteiger partial charge in [-0.25, -0.2) is 8.78 Å². The molecule has 4 nitrogen and oxygen atoms in total. The third kappa shape index (κ3) is 3.13. The quantitative estimate of drug-likeness (QED) is 0.766. The van der Waals surface area contributed by atoms with Gasteiger partial charge in [-0.2, -0.15) is 0 Å². The molecule has 2 saturated heterocycles. The Morgan fingerprint density at radius 1 is 1.59 bits per heavy atom. The van der Waals surface area contributed by atoms with Crippen molar-refractivity contribution in [3.8, 4) is 0 Å². The first-order valence-electron chi connectivity index (χ1n) is 5.87. The molecule has 2 atom stereocenters. The molecule has 0 aromatic carbocycles. The van der Waals surface area contributed by atoms with Gasteiger partial charge in [0.1, 0.15) is 0 Å². The second-order valence-electron chi connectivity index (χ2n) is 5.32. The summed E-state index contributed by atoms with van der Waals surface area (Å²) in [5.41, 5.74) is -0.0587. The molecule has 2 unspecified atom stereocenters. The zero-order chi connectivity index (χ0) is 12.5. The van der Waals surface area contributed by atoms with Crippen LogP contribution in [0.5, 0.6) is 0 Å². The number of rotatable bonds is 3. The average Bonchev–Trinajstić information content (AvgIpc) is 2.82. The highest BCUT2D eigenvalue weighted by atomic mass is 19.3. The van der Waals surface area contributed by atoms with E-state index in [0.29, 0.717) is 19.8 Å². The lowest BCUT2D eigenvalue weighted by Gasteiger charge is -2.23. The Labute approximate surface area is 99.1 Å². The number of hydrogen-bond acceptors (Lipinski definition) is 3. The third-order valence-electron chi connectivity index (χ3n) is 3.42. The fourth-order valence-electron chi connectivity index (χ4n) is 2.17. The number of carbonyl (C=O) groups is 1. The highest BCUT2D eigenvalue weighted by Gasteiger charge is 2.42. The average molecular weight is 248 g/mol. The summed E-state index contributed by atoms with van der Waals surface area (Å²) in [5, 5.41) is 5.27. The molecule has 6 heteroatoms. The van der Waals surface area contributed by atoms with Gasteiger partial charge < -0.3 is 10.1 Å². The van der Waals surface area contributed by atoms with Crippen molar-refractivity contribution in [2.75, 3.05) is 26.3 Å². The van der Waals surface area contributed by atoms with Crippen molar-refractivity contribution in [2.24, 2.45) is 5.41 Å². The third-order valence-corrected chi connectivity index (χ3v) is 3.42. The van der Waals surface area contributed by atoms with Crippen molar-refractivity contribution in [3.63, 3.8) is 0 Å². The van der Waals surface area contributed by atoms with Crippen LogP contribution in [0.1, 0.15) is 19.8 Å². The van der Waals surface area contributed by atoms with Gasteiger partial charge in [-0.05, 0) is 6.42 Å². The van der Waals surface area contributed by atoms with Crippen LogP contribution in [0.2, 0.25) is 0 Å². The minimum Gasteiger partial charge on any atom is -0.381 e. The van der Waals surface area contributed by atoms with Gasteiger partial charge >= 0.3 is 0 Å². The monoisotopic (exact) mass is 248 g/mol. The molecule has 17 heavy (non-hydrogen) atoms. The van der Waals surface area contributed by atoms with Gasteiger partial charge in [0.05, 0.1) is 19.2 Å². The van der Waals surface area contributed by atoms with E-state index in [1.165, 1.54) is 0 Å². The van der Waals surface area contributed by atoms with Crippen LogP contribution in [0.25, 0.3) is 0 Å². The lowest BCUT2D eigenvalue weighted by atomic mass is 9.90. The fraction of sp³-hybridized carbons (Fsp3) is 0.909. The van der Waals surface area contributed by atoms with Gasteiger partial charge in [0.25, 0.3) is 5.92 Å². The van der Waals surface area contributed by atoms with E-state index < -0.39 is 24.9 Å². The predicted molar refractivity (Wildman–Crippen MR) is 57.9 cm³/mol. The van der Waals surface area contributed by atoms with Crippen LogP contribution in [0.4, 0.5) is 8.78 Å². The van der Waals surface area contributed by atoms with E-state index in [1.807, 2.05) is 6.92 Å². The Bertz CT molecular complexity index is 304. The maximum atomic E-state index is 12.9. The normalized spacial score (nSPS) is 36.1. The van der Waals surface area contributed by atoms with Crippen molar-refractivity contribution >= 4 is 5.91 Å². The molecule has 0 aromatic rings. The van der Waals surface area contributed by atoms with Crippen molar-refractivity contribution in [3.05, 3.63) is 0 Å². The zero-order valence-corrected chi connectivity index (χ0v) is 9.89. The van der Waals surface area contributed by atoms with Gasteiger partial charge in [0.15, 0.2) is 0 Å². The number of hydrogen-bond donors (Lipinski definition) is 2. The zero-order valence-electron chi connectivity index (χ0n) is 9.89. The molecule has 0 aliphatic carbocycles. The number of carbonyl (C=O) groups excluding carboxylic acids is 1. The molecular formula is C11H18F2N2O2. The first kappa shape index (κ1) is 12.7. The molecular weight excluding hydrogens is 230 g/mol. The second kappa shape index (κ2) is 4.49.